The van der Waals surface area contributed by atoms with Gasteiger partial charge in [-0.2, -0.15) is 0 Å². The zero-order valence-electron chi connectivity index (χ0n) is 13.4. The van der Waals surface area contributed by atoms with E-state index in [0.717, 1.165) is 24.4 Å². The minimum atomic E-state index is -0.584. The number of esters is 1. The minimum Gasteiger partial charge on any atom is -0.477 e. The molecule has 0 aliphatic heterocycles. The largest absolute Gasteiger partial charge is 0.477 e. The summed E-state index contributed by atoms with van der Waals surface area (Å²) in [4.78, 5) is 16.3. The summed E-state index contributed by atoms with van der Waals surface area (Å²) in [5, 5.41) is 3.31. The van der Waals surface area contributed by atoms with Crippen LogP contribution in [0.2, 0.25) is 0 Å². The van der Waals surface area contributed by atoms with E-state index in [1.165, 1.54) is 0 Å². The van der Waals surface area contributed by atoms with Crippen LogP contribution in [0, 0.1) is 6.92 Å². The third-order valence-corrected chi connectivity index (χ3v) is 2.98. The van der Waals surface area contributed by atoms with Gasteiger partial charge >= 0.3 is 5.97 Å². The van der Waals surface area contributed by atoms with Gasteiger partial charge in [-0.25, -0.2) is 4.79 Å². The van der Waals surface area contributed by atoms with Crippen molar-refractivity contribution in [1.29, 1.82) is 0 Å². The number of nitrogens with zero attached hydrogens (tertiary/aromatic N) is 1. The molecule has 0 aliphatic rings. The molecular formula is C16H26N2O3. The second-order valence-electron chi connectivity index (χ2n) is 4.84. The number of hydrogen-bond donors (Lipinski definition) is 1. The normalized spacial score (nSPS) is 12.0. The van der Waals surface area contributed by atoms with Gasteiger partial charge in [-0.05, 0) is 45.4 Å². The Morgan fingerprint density at radius 3 is 2.71 bits per heavy atom. The van der Waals surface area contributed by atoms with E-state index < -0.39 is 6.10 Å². The monoisotopic (exact) mass is 294 g/mol. The fourth-order valence-corrected chi connectivity index (χ4v) is 1.90. The van der Waals surface area contributed by atoms with Gasteiger partial charge in [0.1, 0.15) is 5.75 Å². The van der Waals surface area contributed by atoms with Gasteiger partial charge in [0.15, 0.2) is 6.10 Å². The molecule has 1 atom stereocenters. The first-order chi connectivity index (χ1) is 10.1. The predicted octanol–water partition coefficient (Wildman–Crippen LogP) is 2.61. The van der Waals surface area contributed by atoms with Crippen molar-refractivity contribution in [3.05, 3.63) is 23.5 Å². The average Bonchev–Trinajstić information content (AvgIpc) is 2.47. The fourth-order valence-electron chi connectivity index (χ4n) is 1.90. The summed E-state index contributed by atoms with van der Waals surface area (Å²) in [5.41, 5.74) is 1.76. The van der Waals surface area contributed by atoms with Crippen LogP contribution in [0.3, 0.4) is 0 Å². The average molecular weight is 294 g/mol. The topological polar surface area (TPSA) is 60.5 Å². The Morgan fingerprint density at radius 2 is 2.10 bits per heavy atom. The highest BCUT2D eigenvalue weighted by atomic mass is 16.6. The lowest BCUT2D eigenvalue weighted by atomic mass is 10.2. The highest BCUT2D eigenvalue weighted by Crippen LogP contribution is 2.20. The lowest BCUT2D eigenvalue weighted by Gasteiger charge is -2.18. The Labute approximate surface area is 127 Å². The summed E-state index contributed by atoms with van der Waals surface area (Å²) >= 11 is 0. The van der Waals surface area contributed by atoms with E-state index in [1.54, 1.807) is 6.92 Å². The summed E-state index contributed by atoms with van der Waals surface area (Å²) in [6.45, 7) is 9.65. The van der Waals surface area contributed by atoms with E-state index >= 15 is 0 Å². The summed E-state index contributed by atoms with van der Waals surface area (Å²) in [6, 6.07) is 3.75. The molecule has 5 heteroatoms. The third kappa shape index (κ3) is 5.71. The fraction of sp³-hybridized carbons (Fsp3) is 0.625. The molecule has 1 aromatic rings. The number of rotatable bonds is 9. The van der Waals surface area contributed by atoms with Gasteiger partial charge in [-0.15, -0.1) is 0 Å². The van der Waals surface area contributed by atoms with Crippen LogP contribution in [0.5, 0.6) is 5.75 Å². The molecule has 1 rings (SSSR count). The van der Waals surface area contributed by atoms with Crippen molar-refractivity contribution < 1.29 is 14.3 Å². The molecule has 1 N–H and O–H groups in total. The van der Waals surface area contributed by atoms with Gasteiger partial charge < -0.3 is 14.8 Å². The molecular weight excluding hydrogens is 268 g/mol. The lowest BCUT2D eigenvalue weighted by molar-refractivity contribution is -0.151. The quantitative estimate of drug-likeness (QED) is 0.560. The van der Waals surface area contributed by atoms with Gasteiger partial charge in [0, 0.05) is 12.2 Å². The van der Waals surface area contributed by atoms with Crippen molar-refractivity contribution in [1.82, 2.24) is 10.3 Å². The highest BCUT2D eigenvalue weighted by molar-refractivity contribution is 5.75. The summed E-state index contributed by atoms with van der Waals surface area (Å²) in [7, 11) is 0. The van der Waals surface area contributed by atoms with Crippen LogP contribution in [0.15, 0.2) is 12.1 Å². The number of nitrogens with one attached hydrogen (secondary N) is 1. The number of aromatic nitrogens is 1. The van der Waals surface area contributed by atoms with Gasteiger partial charge in [-0.3, -0.25) is 4.98 Å². The molecule has 0 aromatic carbocycles. The smallest absolute Gasteiger partial charge is 0.347 e. The van der Waals surface area contributed by atoms with Crippen LogP contribution < -0.4 is 10.1 Å². The van der Waals surface area contributed by atoms with Gasteiger partial charge in [-0.1, -0.05) is 13.8 Å². The van der Waals surface area contributed by atoms with Crippen molar-refractivity contribution in [2.45, 2.75) is 53.2 Å². The highest BCUT2D eigenvalue weighted by Gasteiger charge is 2.21. The van der Waals surface area contributed by atoms with E-state index in [1.807, 2.05) is 26.0 Å². The number of hydrogen-bond acceptors (Lipinski definition) is 5. The van der Waals surface area contributed by atoms with Crippen LogP contribution in [0.4, 0.5) is 0 Å². The van der Waals surface area contributed by atoms with Crippen molar-refractivity contribution in [3.8, 4) is 5.75 Å². The van der Waals surface area contributed by atoms with Crippen molar-refractivity contribution in [2.24, 2.45) is 0 Å². The zero-order valence-corrected chi connectivity index (χ0v) is 13.4. The lowest BCUT2D eigenvalue weighted by Crippen LogP contribution is -2.29. The van der Waals surface area contributed by atoms with Crippen molar-refractivity contribution in [3.63, 3.8) is 0 Å². The first kappa shape index (κ1) is 17.4. The molecule has 1 aromatic heterocycles. The summed E-state index contributed by atoms with van der Waals surface area (Å²) in [6.07, 6.45) is 1.04. The first-order valence-electron chi connectivity index (χ1n) is 7.62. The summed E-state index contributed by atoms with van der Waals surface area (Å²) in [5.74, 6) is 0.317. The Morgan fingerprint density at radius 1 is 1.33 bits per heavy atom. The third-order valence-electron chi connectivity index (χ3n) is 2.98. The Kier molecular flexibility index (Phi) is 7.75. The molecule has 1 heterocycles. The van der Waals surface area contributed by atoms with Crippen molar-refractivity contribution in [2.75, 3.05) is 13.2 Å². The van der Waals surface area contributed by atoms with E-state index in [9.17, 15) is 4.79 Å². The van der Waals surface area contributed by atoms with E-state index in [4.69, 9.17) is 9.47 Å². The maximum Gasteiger partial charge on any atom is 0.347 e. The Balaban J connectivity index is 2.82. The zero-order chi connectivity index (χ0) is 15.7. The number of ether oxygens (including phenoxy) is 2. The van der Waals surface area contributed by atoms with E-state index in [0.29, 0.717) is 25.3 Å². The molecule has 5 nitrogen and oxygen atoms in total. The second-order valence-corrected chi connectivity index (χ2v) is 4.84. The van der Waals surface area contributed by atoms with E-state index in [2.05, 4.69) is 17.2 Å². The molecule has 0 bridgehead atoms. The molecule has 0 fully saturated rings. The molecule has 0 amide bonds. The molecule has 118 valence electrons. The van der Waals surface area contributed by atoms with Crippen LogP contribution in [0.25, 0.3) is 0 Å². The van der Waals surface area contributed by atoms with E-state index in [-0.39, 0.29) is 5.97 Å². The second kappa shape index (κ2) is 9.34. The molecule has 21 heavy (non-hydrogen) atoms. The van der Waals surface area contributed by atoms with Gasteiger partial charge in [0.2, 0.25) is 0 Å². The van der Waals surface area contributed by atoms with Gasteiger partial charge in [0.25, 0.3) is 0 Å². The molecule has 0 aliphatic carbocycles. The minimum absolute atomic E-state index is 0.326. The summed E-state index contributed by atoms with van der Waals surface area (Å²) < 4.78 is 10.8. The number of carbonyl (C=O) groups is 1. The molecule has 0 saturated heterocycles. The first-order valence-corrected chi connectivity index (χ1v) is 7.62. The molecule has 1 unspecified atom stereocenters. The number of pyridine rings is 1. The van der Waals surface area contributed by atoms with Gasteiger partial charge in [0.05, 0.1) is 12.3 Å². The Hall–Kier alpha value is -1.62. The maximum atomic E-state index is 11.8. The Bertz CT molecular complexity index is 449. The van der Waals surface area contributed by atoms with Crippen LogP contribution in [0.1, 0.15) is 45.0 Å². The van der Waals surface area contributed by atoms with Crippen LogP contribution >= 0.6 is 0 Å². The number of carbonyl (C=O) groups excluding carboxylic acids is 1. The predicted molar refractivity (Wildman–Crippen MR) is 82.3 cm³/mol. The molecule has 0 saturated carbocycles. The molecule has 0 radical (unpaired) electrons. The standard InChI is InChI=1S/C16H26N2O3/c1-5-10-17-11-13-15(9-8-12(4)18-13)21-14(6-2)16(19)20-7-3/h8-9,14,17H,5-7,10-11H2,1-4H3. The number of aryl methyl sites for hydroxylation is 1. The van der Waals surface area contributed by atoms with Crippen molar-refractivity contribution >= 4 is 5.97 Å². The molecule has 0 spiro atoms. The SMILES string of the molecule is CCCNCc1nc(C)ccc1OC(CC)C(=O)OCC. The maximum absolute atomic E-state index is 11.8. The van der Waals surface area contributed by atoms with Crippen LogP contribution in [-0.2, 0) is 16.1 Å². The van der Waals surface area contributed by atoms with Crippen LogP contribution in [-0.4, -0.2) is 30.2 Å².